The summed E-state index contributed by atoms with van der Waals surface area (Å²) in [6, 6.07) is 0. The van der Waals surface area contributed by atoms with Crippen molar-refractivity contribution in [3.05, 3.63) is 16.6 Å². The Hall–Kier alpha value is -2.00. The second-order valence-electron chi connectivity index (χ2n) is 3.88. The average Bonchev–Trinajstić information content (AvgIpc) is 2.99. The largest absolute Gasteiger partial charge is 0.348 e. The van der Waals surface area contributed by atoms with Gasteiger partial charge in [0, 0.05) is 24.7 Å². The maximum absolute atomic E-state index is 5.40. The molecule has 0 saturated carbocycles. The third-order valence-electron chi connectivity index (χ3n) is 2.68. The topological polar surface area (TPSA) is 105 Å². The number of nitrogens with two attached hydrogens (primary N) is 1. The van der Waals surface area contributed by atoms with E-state index in [1.807, 2.05) is 24.1 Å². The molecule has 4 N–H and O–H groups in total. The third kappa shape index (κ3) is 3.52. The molecule has 2 rings (SSSR count). The second-order valence-corrected chi connectivity index (χ2v) is 4.86. The smallest absolute Gasteiger partial charge is 0.243 e. The van der Waals surface area contributed by atoms with Gasteiger partial charge in [-0.3, -0.25) is 5.43 Å². The number of nitrogens with zero attached hydrogens (tertiary/aromatic N) is 5. The summed E-state index contributed by atoms with van der Waals surface area (Å²) >= 11 is 1.58. The van der Waals surface area contributed by atoms with Crippen molar-refractivity contribution < 1.29 is 0 Å². The molecule has 0 bridgehead atoms. The van der Waals surface area contributed by atoms with Gasteiger partial charge in [-0.1, -0.05) is 0 Å². The van der Waals surface area contributed by atoms with Gasteiger partial charge in [0.05, 0.1) is 6.54 Å². The summed E-state index contributed by atoms with van der Waals surface area (Å²) < 4.78 is 0. The molecule has 0 aliphatic heterocycles. The van der Waals surface area contributed by atoms with Gasteiger partial charge >= 0.3 is 0 Å². The predicted octanol–water partition coefficient (Wildman–Crippen LogP) is 1.07. The van der Waals surface area contributed by atoms with Crippen LogP contribution in [0.5, 0.6) is 0 Å². The van der Waals surface area contributed by atoms with Gasteiger partial charge in [0.25, 0.3) is 0 Å². The van der Waals surface area contributed by atoms with Crippen molar-refractivity contribution in [1.82, 2.24) is 19.9 Å². The minimum Gasteiger partial charge on any atom is -0.348 e. The molecular formula is C11H18N8S. The fraction of sp³-hybridized carbons (Fsp3) is 0.455. The van der Waals surface area contributed by atoms with Crippen LogP contribution >= 0.6 is 11.3 Å². The van der Waals surface area contributed by atoms with Crippen molar-refractivity contribution in [2.45, 2.75) is 20.4 Å². The molecule has 9 heteroatoms. The SMILES string of the molecule is CCN(CC)c1nc(NN)nc(NCc2nccs2)n1. The van der Waals surface area contributed by atoms with Crippen LogP contribution < -0.4 is 21.5 Å². The summed E-state index contributed by atoms with van der Waals surface area (Å²) in [6.07, 6.45) is 1.77. The standard InChI is InChI=1S/C11H18N8S/c1-3-19(4-2)11-16-9(15-10(17-11)18-12)14-7-8-13-5-6-20-8/h5-6H,3-4,7,12H2,1-2H3,(H2,14,15,16,17,18). The van der Waals surface area contributed by atoms with E-state index in [1.54, 1.807) is 17.5 Å². The molecule has 0 aromatic carbocycles. The van der Waals surface area contributed by atoms with E-state index >= 15 is 0 Å². The molecule has 20 heavy (non-hydrogen) atoms. The Bertz CT molecular complexity index is 525. The van der Waals surface area contributed by atoms with Crippen LogP contribution in [0.2, 0.25) is 0 Å². The Morgan fingerprint density at radius 2 is 1.95 bits per heavy atom. The van der Waals surface area contributed by atoms with Crippen LogP contribution in [0.25, 0.3) is 0 Å². The van der Waals surface area contributed by atoms with E-state index in [1.165, 1.54) is 0 Å². The van der Waals surface area contributed by atoms with Gasteiger partial charge in [-0.2, -0.15) is 15.0 Å². The molecule has 108 valence electrons. The van der Waals surface area contributed by atoms with E-state index in [4.69, 9.17) is 5.84 Å². The lowest BCUT2D eigenvalue weighted by atomic mass is 10.5. The fourth-order valence-electron chi connectivity index (χ4n) is 1.65. The normalized spacial score (nSPS) is 10.3. The summed E-state index contributed by atoms with van der Waals surface area (Å²) in [5.74, 6) is 6.81. The summed E-state index contributed by atoms with van der Waals surface area (Å²) in [5, 5.41) is 6.03. The minimum atomic E-state index is 0.337. The van der Waals surface area contributed by atoms with E-state index in [9.17, 15) is 0 Å². The third-order valence-corrected chi connectivity index (χ3v) is 3.46. The Labute approximate surface area is 121 Å². The lowest BCUT2D eigenvalue weighted by Crippen LogP contribution is -2.26. The molecule has 0 saturated heterocycles. The van der Waals surface area contributed by atoms with Crippen molar-refractivity contribution in [2.75, 3.05) is 28.7 Å². The Morgan fingerprint density at radius 3 is 2.55 bits per heavy atom. The molecule has 0 spiro atoms. The number of anilines is 3. The number of hydrogen-bond acceptors (Lipinski definition) is 9. The highest BCUT2D eigenvalue weighted by Gasteiger charge is 2.10. The van der Waals surface area contributed by atoms with Gasteiger partial charge in [0.15, 0.2) is 0 Å². The molecule has 8 nitrogen and oxygen atoms in total. The molecule has 0 unspecified atom stereocenters. The molecule has 0 aliphatic carbocycles. The van der Waals surface area contributed by atoms with Crippen LogP contribution in [0, 0.1) is 0 Å². The molecule has 0 fully saturated rings. The highest BCUT2D eigenvalue weighted by atomic mass is 32.1. The number of hydrazine groups is 1. The minimum absolute atomic E-state index is 0.337. The van der Waals surface area contributed by atoms with E-state index in [0.717, 1.165) is 18.1 Å². The summed E-state index contributed by atoms with van der Waals surface area (Å²) in [7, 11) is 0. The molecule has 2 heterocycles. The number of thiazole rings is 1. The number of hydrogen-bond donors (Lipinski definition) is 3. The second kappa shape index (κ2) is 6.96. The monoisotopic (exact) mass is 294 g/mol. The van der Waals surface area contributed by atoms with E-state index in [0.29, 0.717) is 24.4 Å². The Morgan fingerprint density at radius 1 is 1.20 bits per heavy atom. The first-order valence-corrected chi connectivity index (χ1v) is 7.24. The highest BCUT2D eigenvalue weighted by molar-refractivity contribution is 7.09. The van der Waals surface area contributed by atoms with Crippen molar-refractivity contribution in [3.8, 4) is 0 Å². The quantitative estimate of drug-likeness (QED) is 0.514. The van der Waals surface area contributed by atoms with Crippen LogP contribution in [0.15, 0.2) is 11.6 Å². The van der Waals surface area contributed by atoms with Gasteiger partial charge in [0.1, 0.15) is 5.01 Å². The van der Waals surface area contributed by atoms with Crippen LogP contribution in [0.3, 0.4) is 0 Å². The lowest BCUT2D eigenvalue weighted by molar-refractivity contribution is 0.811. The molecule has 2 aromatic rings. The Balaban J connectivity index is 2.16. The molecule has 2 aromatic heterocycles. The predicted molar refractivity (Wildman–Crippen MR) is 80.6 cm³/mol. The number of rotatable bonds is 7. The van der Waals surface area contributed by atoms with Crippen LogP contribution in [-0.4, -0.2) is 33.0 Å². The van der Waals surface area contributed by atoms with E-state index in [-0.39, 0.29) is 0 Å². The van der Waals surface area contributed by atoms with E-state index in [2.05, 4.69) is 30.7 Å². The van der Waals surface area contributed by atoms with E-state index < -0.39 is 0 Å². The first-order valence-electron chi connectivity index (χ1n) is 6.36. The summed E-state index contributed by atoms with van der Waals surface area (Å²) in [5.41, 5.74) is 2.46. The van der Waals surface area contributed by atoms with Crippen LogP contribution in [0.4, 0.5) is 17.8 Å². The molecule has 0 radical (unpaired) electrons. The summed E-state index contributed by atoms with van der Waals surface area (Å²) in [4.78, 5) is 19.1. The zero-order valence-corrected chi connectivity index (χ0v) is 12.3. The van der Waals surface area contributed by atoms with Gasteiger partial charge in [0.2, 0.25) is 17.8 Å². The molecule has 0 aliphatic rings. The zero-order chi connectivity index (χ0) is 14.4. The number of nitrogen functional groups attached to an aromatic ring is 1. The fourth-order valence-corrected chi connectivity index (χ4v) is 2.21. The van der Waals surface area contributed by atoms with Crippen molar-refractivity contribution in [1.29, 1.82) is 0 Å². The number of nitrogens with one attached hydrogen (secondary N) is 2. The van der Waals surface area contributed by atoms with Crippen molar-refractivity contribution >= 4 is 29.2 Å². The van der Waals surface area contributed by atoms with Gasteiger partial charge in [-0.25, -0.2) is 10.8 Å². The van der Waals surface area contributed by atoms with Crippen LogP contribution in [-0.2, 0) is 6.54 Å². The van der Waals surface area contributed by atoms with Gasteiger partial charge < -0.3 is 10.2 Å². The number of aromatic nitrogens is 4. The molecular weight excluding hydrogens is 276 g/mol. The maximum atomic E-state index is 5.40. The molecule has 0 amide bonds. The Kier molecular flexibility index (Phi) is 5.02. The zero-order valence-electron chi connectivity index (χ0n) is 11.5. The van der Waals surface area contributed by atoms with Crippen molar-refractivity contribution in [2.24, 2.45) is 5.84 Å². The molecule has 0 atom stereocenters. The van der Waals surface area contributed by atoms with Crippen LogP contribution in [0.1, 0.15) is 18.9 Å². The lowest BCUT2D eigenvalue weighted by Gasteiger charge is -2.19. The van der Waals surface area contributed by atoms with Gasteiger partial charge in [-0.05, 0) is 13.8 Å². The summed E-state index contributed by atoms with van der Waals surface area (Å²) in [6.45, 7) is 6.30. The van der Waals surface area contributed by atoms with Crippen molar-refractivity contribution in [3.63, 3.8) is 0 Å². The maximum Gasteiger partial charge on any atom is 0.243 e. The average molecular weight is 294 g/mol. The highest BCUT2D eigenvalue weighted by Crippen LogP contribution is 2.14. The first-order chi connectivity index (χ1) is 9.76. The van der Waals surface area contributed by atoms with Gasteiger partial charge in [-0.15, -0.1) is 11.3 Å². The first kappa shape index (κ1) is 14.4.